The number of rotatable bonds is 4. The quantitative estimate of drug-likeness (QED) is 0.919. The first-order chi connectivity index (χ1) is 9.20. The minimum atomic E-state index is 0.0626. The van der Waals surface area contributed by atoms with Gasteiger partial charge in [0.1, 0.15) is 0 Å². The number of nitrogens with one attached hydrogen (secondary N) is 1. The Morgan fingerprint density at radius 1 is 1.37 bits per heavy atom. The molecular formula is C15H20ClNO2. The summed E-state index contributed by atoms with van der Waals surface area (Å²) in [7, 11) is 0. The lowest BCUT2D eigenvalue weighted by molar-refractivity contribution is -0.128. The molecule has 0 aromatic heterocycles. The maximum Gasteiger partial charge on any atom is 0.223 e. The van der Waals surface area contributed by atoms with Crippen LogP contribution in [0.3, 0.4) is 0 Å². The van der Waals surface area contributed by atoms with E-state index < -0.39 is 0 Å². The lowest BCUT2D eigenvalue weighted by Gasteiger charge is -2.24. The number of benzene rings is 1. The Hall–Kier alpha value is -1.06. The summed E-state index contributed by atoms with van der Waals surface area (Å²) in [5, 5.41) is 3.85. The fourth-order valence-electron chi connectivity index (χ4n) is 2.37. The molecule has 0 saturated carbocycles. The maximum atomic E-state index is 12.2. The number of hydrogen-bond acceptors (Lipinski definition) is 2. The van der Waals surface area contributed by atoms with Gasteiger partial charge in [0.15, 0.2) is 0 Å². The van der Waals surface area contributed by atoms with Gasteiger partial charge in [0.25, 0.3) is 0 Å². The van der Waals surface area contributed by atoms with Gasteiger partial charge >= 0.3 is 0 Å². The van der Waals surface area contributed by atoms with E-state index in [1.807, 2.05) is 24.3 Å². The Bertz CT molecular complexity index is 413. The molecule has 0 bridgehead atoms. The van der Waals surface area contributed by atoms with Crippen LogP contribution in [-0.2, 0) is 9.53 Å². The Kier molecular flexibility index (Phi) is 5.23. The summed E-state index contributed by atoms with van der Waals surface area (Å²) >= 11 is 5.89. The van der Waals surface area contributed by atoms with Gasteiger partial charge in [0, 0.05) is 24.2 Å². The second-order valence-corrected chi connectivity index (χ2v) is 5.34. The van der Waals surface area contributed by atoms with Gasteiger partial charge in [0.2, 0.25) is 5.91 Å². The van der Waals surface area contributed by atoms with Crippen molar-refractivity contribution in [3.8, 4) is 0 Å². The highest BCUT2D eigenvalue weighted by Gasteiger charge is 2.23. The third-order valence-electron chi connectivity index (χ3n) is 3.59. The van der Waals surface area contributed by atoms with Crippen LogP contribution in [0.5, 0.6) is 0 Å². The van der Waals surface area contributed by atoms with Crippen molar-refractivity contribution in [1.82, 2.24) is 5.32 Å². The largest absolute Gasteiger partial charge is 0.381 e. The fraction of sp³-hybridized carbons (Fsp3) is 0.533. The summed E-state index contributed by atoms with van der Waals surface area (Å²) in [6.07, 6.45) is 2.52. The Morgan fingerprint density at radius 3 is 2.58 bits per heavy atom. The molecule has 1 aromatic carbocycles. The van der Waals surface area contributed by atoms with Crippen LogP contribution in [-0.4, -0.2) is 19.1 Å². The van der Waals surface area contributed by atoms with E-state index in [2.05, 4.69) is 12.2 Å². The molecule has 1 heterocycles. The minimum absolute atomic E-state index is 0.0626. The number of carbonyl (C=O) groups is 1. The zero-order valence-corrected chi connectivity index (χ0v) is 12.0. The summed E-state index contributed by atoms with van der Waals surface area (Å²) in [6.45, 7) is 3.45. The monoisotopic (exact) mass is 281 g/mol. The van der Waals surface area contributed by atoms with Gasteiger partial charge in [-0.15, -0.1) is 0 Å². The first-order valence-electron chi connectivity index (χ1n) is 6.84. The number of ether oxygens (including phenoxy) is 1. The van der Waals surface area contributed by atoms with E-state index in [0.29, 0.717) is 18.2 Å². The molecule has 1 aromatic rings. The summed E-state index contributed by atoms with van der Waals surface area (Å²) < 4.78 is 5.28. The molecule has 0 unspecified atom stereocenters. The third kappa shape index (κ3) is 3.95. The van der Waals surface area contributed by atoms with Crippen LogP contribution in [0.1, 0.15) is 37.8 Å². The highest BCUT2D eigenvalue weighted by atomic mass is 35.5. The number of hydrogen-bond donors (Lipinski definition) is 1. The molecule has 1 atom stereocenters. The van der Waals surface area contributed by atoms with Crippen LogP contribution in [0, 0.1) is 5.92 Å². The van der Waals surface area contributed by atoms with Gasteiger partial charge < -0.3 is 10.1 Å². The van der Waals surface area contributed by atoms with Gasteiger partial charge in [-0.2, -0.15) is 0 Å². The van der Waals surface area contributed by atoms with Crippen LogP contribution in [0.25, 0.3) is 0 Å². The topological polar surface area (TPSA) is 38.3 Å². The molecule has 4 heteroatoms. The highest BCUT2D eigenvalue weighted by molar-refractivity contribution is 6.30. The number of halogens is 1. The van der Waals surface area contributed by atoms with Crippen LogP contribution in [0.2, 0.25) is 5.02 Å². The molecule has 104 valence electrons. The van der Waals surface area contributed by atoms with E-state index in [0.717, 1.165) is 24.8 Å². The average Bonchev–Trinajstić information content (AvgIpc) is 2.46. The van der Waals surface area contributed by atoms with Crippen molar-refractivity contribution in [3.63, 3.8) is 0 Å². The zero-order valence-electron chi connectivity index (χ0n) is 11.2. The standard InChI is InChI=1S/C15H20ClNO2/c1-2-14(11-3-5-13(16)6-4-11)17-15(18)12-7-9-19-10-8-12/h3-6,12,14H,2,7-10H2,1H3,(H,17,18)/t14-/m1/s1. The predicted octanol–water partition coefficient (Wildman–Crippen LogP) is 3.33. The summed E-state index contributed by atoms with van der Waals surface area (Å²) in [6, 6.07) is 7.73. The number of carbonyl (C=O) groups excluding carboxylic acids is 1. The van der Waals surface area contributed by atoms with Crippen molar-refractivity contribution in [2.24, 2.45) is 5.92 Å². The fourth-order valence-corrected chi connectivity index (χ4v) is 2.49. The van der Waals surface area contributed by atoms with E-state index in [1.54, 1.807) is 0 Å². The maximum absolute atomic E-state index is 12.2. The highest BCUT2D eigenvalue weighted by Crippen LogP contribution is 2.21. The summed E-state index contributed by atoms with van der Waals surface area (Å²) in [5.41, 5.74) is 1.10. The Morgan fingerprint density at radius 2 is 2.00 bits per heavy atom. The summed E-state index contributed by atoms with van der Waals surface area (Å²) in [5.74, 6) is 0.236. The molecule has 3 nitrogen and oxygen atoms in total. The molecular weight excluding hydrogens is 262 g/mol. The first kappa shape index (κ1) is 14.4. The van der Waals surface area contributed by atoms with E-state index in [-0.39, 0.29) is 17.9 Å². The lowest BCUT2D eigenvalue weighted by Crippen LogP contribution is -2.36. The average molecular weight is 282 g/mol. The third-order valence-corrected chi connectivity index (χ3v) is 3.84. The molecule has 1 N–H and O–H groups in total. The predicted molar refractivity (Wildman–Crippen MR) is 76.2 cm³/mol. The molecule has 0 radical (unpaired) electrons. The second-order valence-electron chi connectivity index (χ2n) is 4.91. The molecule has 19 heavy (non-hydrogen) atoms. The molecule has 0 spiro atoms. The zero-order chi connectivity index (χ0) is 13.7. The molecule has 2 rings (SSSR count). The molecule has 1 saturated heterocycles. The van der Waals surface area contributed by atoms with Crippen molar-refractivity contribution in [3.05, 3.63) is 34.9 Å². The molecule has 0 aliphatic carbocycles. The van der Waals surface area contributed by atoms with Crippen LogP contribution in [0.4, 0.5) is 0 Å². The molecule has 1 aliphatic heterocycles. The van der Waals surface area contributed by atoms with Crippen LogP contribution < -0.4 is 5.32 Å². The minimum Gasteiger partial charge on any atom is -0.381 e. The summed E-state index contributed by atoms with van der Waals surface area (Å²) in [4.78, 5) is 12.2. The Labute approximate surface area is 119 Å². The van der Waals surface area contributed by atoms with E-state index >= 15 is 0 Å². The van der Waals surface area contributed by atoms with Gasteiger partial charge in [-0.25, -0.2) is 0 Å². The molecule has 1 fully saturated rings. The van der Waals surface area contributed by atoms with Gasteiger partial charge in [-0.1, -0.05) is 30.7 Å². The van der Waals surface area contributed by atoms with Crippen molar-refractivity contribution in [2.75, 3.05) is 13.2 Å². The smallest absolute Gasteiger partial charge is 0.223 e. The van der Waals surface area contributed by atoms with Crippen molar-refractivity contribution in [1.29, 1.82) is 0 Å². The molecule has 1 amide bonds. The van der Waals surface area contributed by atoms with Gasteiger partial charge in [-0.05, 0) is 37.0 Å². The van der Waals surface area contributed by atoms with Gasteiger partial charge in [-0.3, -0.25) is 4.79 Å². The van der Waals surface area contributed by atoms with E-state index in [1.165, 1.54) is 0 Å². The van der Waals surface area contributed by atoms with Crippen molar-refractivity contribution < 1.29 is 9.53 Å². The van der Waals surface area contributed by atoms with Gasteiger partial charge in [0.05, 0.1) is 6.04 Å². The first-order valence-corrected chi connectivity index (χ1v) is 7.22. The van der Waals surface area contributed by atoms with Crippen molar-refractivity contribution >= 4 is 17.5 Å². The van der Waals surface area contributed by atoms with E-state index in [4.69, 9.17) is 16.3 Å². The SMILES string of the molecule is CC[C@@H](NC(=O)C1CCOCC1)c1ccc(Cl)cc1. The van der Waals surface area contributed by atoms with E-state index in [9.17, 15) is 4.79 Å². The number of amides is 1. The normalized spacial score (nSPS) is 18.0. The van der Waals surface area contributed by atoms with Crippen molar-refractivity contribution in [2.45, 2.75) is 32.2 Å². The molecule has 1 aliphatic rings. The van der Waals surface area contributed by atoms with Crippen LogP contribution >= 0.6 is 11.6 Å². The second kappa shape index (κ2) is 6.92. The lowest BCUT2D eigenvalue weighted by atomic mass is 9.97. The van der Waals surface area contributed by atoms with Crippen LogP contribution in [0.15, 0.2) is 24.3 Å². The Balaban J connectivity index is 1.98.